The molecule has 0 bridgehead atoms. The number of nitrogens with zero attached hydrogens (tertiary/aromatic N) is 4. The second kappa shape index (κ2) is 5.31. The molecule has 21 heavy (non-hydrogen) atoms. The lowest BCUT2D eigenvalue weighted by Crippen LogP contribution is -2.57. The standard InChI is InChI=1S/C14H19N5O2/c1-9-6-11(15-2)17-12(16-9)7-18-8-13(20)19-5-3-4-10(19)14(18)21/h6,10H,3-5,7-8H2,1-2H3,(H,15,16,17). The maximum absolute atomic E-state index is 12.5. The van der Waals surface area contributed by atoms with Crippen LogP contribution in [0.4, 0.5) is 5.82 Å². The van der Waals surface area contributed by atoms with Gasteiger partial charge in [-0.1, -0.05) is 0 Å². The van der Waals surface area contributed by atoms with Gasteiger partial charge in [-0.2, -0.15) is 0 Å². The molecule has 2 aliphatic heterocycles. The van der Waals surface area contributed by atoms with E-state index < -0.39 is 0 Å². The van der Waals surface area contributed by atoms with E-state index in [1.807, 2.05) is 13.0 Å². The fourth-order valence-corrected chi connectivity index (χ4v) is 3.00. The molecule has 7 heteroatoms. The van der Waals surface area contributed by atoms with Crippen LogP contribution >= 0.6 is 0 Å². The van der Waals surface area contributed by atoms with Gasteiger partial charge in [0.25, 0.3) is 0 Å². The number of rotatable bonds is 3. The van der Waals surface area contributed by atoms with E-state index in [0.717, 1.165) is 24.4 Å². The maximum atomic E-state index is 12.5. The van der Waals surface area contributed by atoms with E-state index in [2.05, 4.69) is 15.3 Å². The highest BCUT2D eigenvalue weighted by molar-refractivity contribution is 5.95. The molecule has 7 nitrogen and oxygen atoms in total. The number of aryl methyl sites for hydroxylation is 1. The van der Waals surface area contributed by atoms with Crippen molar-refractivity contribution in [2.75, 3.05) is 25.5 Å². The molecule has 0 spiro atoms. The number of amides is 2. The van der Waals surface area contributed by atoms with Crippen LogP contribution in [-0.4, -0.2) is 57.8 Å². The summed E-state index contributed by atoms with van der Waals surface area (Å²) >= 11 is 0. The molecule has 2 aliphatic rings. The Morgan fingerprint density at radius 1 is 1.38 bits per heavy atom. The van der Waals surface area contributed by atoms with Crippen molar-refractivity contribution in [3.8, 4) is 0 Å². The Kier molecular flexibility index (Phi) is 3.48. The van der Waals surface area contributed by atoms with Gasteiger partial charge in [-0.05, 0) is 19.8 Å². The first-order valence-electron chi connectivity index (χ1n) is 7.19. The Labute approximate surface area is 123 Å². The van der Waals surface area contributed by atoms with Gasteiger partial charge in [-0.25, -0.2) is 9.97 Å². The number of nitrogens with one attached hydrogen (secondary N) is 1. The zero-order chi connectivity index (χ0) is 15.0. The number of carbonyl (C=O) groups excluding carboxylic acids is 2. The minimum absolute atomic E-state index is 0.0169. The van der Waals surface area contributed by atoms with Crippen molar-refractivity contribution >= 4 is 17.6 Å². The zero-order valence-corrected chi connectivity index (χ0v) is 12.3. The van der Waals surface area contributed by atoms with Gasteiger partial charge in [0, 0.05) is 25.4 Å². The van der Waals surface area contributed by atoms with Gasteiger partial charge in [0.05, 0.1) is 6.54 Å². The lowest BCUT2D eigenvalue weighted by molar-refractivity contribution is -0.154. The van der Waals surface area contributed by atoms with Crippen LogP contribution in [-0.2, 0) is 16.1 Å². The van der Waals surface area contributed by atoms with Gasteiger partial charge in [0.2, 0.25) is 11.8 Å². The molecule has 3 heterocycles. The van der Waals surface area contributed by atoms with Crippen LogP contribution in [0.1, 0.15) is 24.4 Å². The number of aromatic nitrogens is 2. The molecule has 0 saturated carbocycles. The van der Waals surface area contributed by atoms with Gasteiger partial charge in [-0.15, -0.1) is 0 Å². The molecular weight excluding hydrogens is 270 g/mol. The smallest absolute Gasteiger partial charge is 0.246 e. The lowest BCUT2D eigenvalue weighted by atomic mass is 10.1. The molecule has 1 aromatic heterocycles. The third-order valence-electron chi connectivity index (χ3n) is 3.98. The van der Waals surface area contributed by atoms with Crippen LogP contribution in [0.3, 0.4) is 0 Å². The predicted molar refractivity (Wildman–Crippen MR) is 76.5 cm³/mol. The van der Waals surface area contributed by atoms with Crippen molar-refractivity contribution in [1.29, 1.82) is 0 Å². The molecule has 0 aromatic carbocycles. The molecule has 2 saturated heterocycles. The molecule has 1 aromatic rings. The molecule has 1 N–H and O–H groups in total. The fourth-order valence-electron chi connectivity index (χ4n) is 3.00. The Morgan fingerprint density at radius 3 is 2.95 bits per heavy atom. The molecule has 2 amide bonds. The van der Waals surface area contributed by atoms with Gasteiger partial charge < -0.3 is 15.1 Å². The van der Waals surface area contributed by atoms with Crippen molar-refractivity contribution in [3.05, 3.63) is 17.6 Å². The molecule has 0 radical (unpaired) electrons. The molecule has 1 unspecified atom stereocenters. The van der Waals surface area contributed by atoms with Crippen LogP contribution in [0.15, 0.2) is 6.07 Å². The average Bonchev–Trinajstić information content (AvgIpc) is 2.94. The van der Waals surface area contributed by atoms with Crippen molar-refractivity contribution in [3.63, 3.8) is 0 Å². The van der Waals surface area contributed by atoms with Gasteiger partial charge >= 0.3 is 0 Å². The van der Waals surface area contributed by atoms with Gasteiger partial charge in [0.1, 0.15) is 24.2 Å². The van der Waals surface area contributed by atoms with E-state index in [4.69, 9.17) is 0 Å². The summed E-state index contributed by atoms with van der Waals surface area (Å²) in [5.74, 6) is 1.32. The monoisotopic (exact) mass is 289 g/mol. The highest BCUT2D eigenvalue weighted by Gasteiger charge is 2.41. The van der Waals surface area contributed by atoms with Crippen molar-refractivity contribution < 1.29 is 9.59 Å². The summed E-state index contributed by atoms with van der Waals surface area (Å²) in [7, 11) is 1.79. The Morgan fingerprint density at radius 2 is 2.19 bits per heavy atom. The summed E-state index contributed by atoms with van der Waals surface area (Å²) in [5.41, 5.74) is 0.836. The van der Waals surface area contributed by atoms with Crippen LogP contribution < -0.4 is 5.32 Å². The first kappa shape index (κ1) is 13.8. The molecular formula is C14H19N5O2. The number of fused-ring (bicyclic) bond motifs is 1. The van der Waals surface area contributed by atoms with E-state index in [1.165, 1.54) is 0 Å². The zero-order valence-electron chi connectivity index (χ0n) is 12.3. The Bertz CT molecular complexity index is 589. The van der Waals surface area contributed by atoms with E-state index in [-0.39, 0.29) is 30.9 Å². The highest BCUT2D eigenvalue weighted by Crippen LogP contribution is 2.24. The Balaban J connectivity index is 1.79. The maximum Gasteiger partial charge on any atom is 0.246 e. The molecule has 1 atom stereocenters. The normalized spacial score (nSPS) is 21.7. The second-order valence-corrected chi connectivity index (χ2v) is 5.50. The van der Waals surface area contributed by atoms with Gasteiger partial charge in [-0.3, -0.25) is 9.59 Å². The minimum atomic E-state index is -0.278. The number of hydrogen-bond donors (Lipinski definition) is 1. The van der Waals surface area contributed by atoms with E-state index in [9.17, 15) is 9.59 Å². The second-order valence-electron chi connectivity index (χ2n) is 5.50. The first-order valence-corrected chi connectivity index (χ1v) is 7.19. The van der Waals surface area contributed by atoms with Gasteiger partial charge in [0.15, 0.2) is 0 Å². The number of hydrogen-bond acceptors (Lipinski definition) is 5. The molecule has 3 rings (SSSR count). The average molecular weight is 289 g/mol. The molecule has 2 fully saturated rings. The number of anilines is 1. The van der Waals surface area contributed by atoms with Crippen molar-refractivity contribution in [1.82, 2.24) is 19.8 Å². The lowest BCUT2D eigenvalue weighted by Gasteiger charge is -2.36. The summed E-state index contributed by atoms with van der Waals surface area (Å²) < 4.78 is 0. The summed E-state index contributed by atoms with van der Waals surface area (Å²) in [6.07, 6.45) is 1.67. The largest absolute Gasteiger partial charge is 0.373 e. The first-order chi connectivity index (χ1) is 10.1. The van der Waals surface area contributed by atoms with E-state index in [0.29, 0.717) is 12.4 Å². The number of piperazine rings is 1. The topological polar surface area (TPSA) is 78.4 Å². The summed E-state index contributed by atoms with van der Waals surface area (Å²) in [6, 6.07) is 1.56. The summed E-state index contributed by atoms with van der Waals surface area (Å²) in [4.78, 5) is 36.5. The molecule has 112 valence electrons. The van der Waals surface area contributed by atoms with E-state index >= 15 is 0 Å². The highest BCUT2D eigenvalue weighted by atomic mass is 16.2. The van der Waals surface area contributed by atoms with Crippen molar-refractivity contribution in [2.45, 2.75) is 32.4 Å². The Hall–Kier alpha value is -2.18. The van der Waals surface area contributed by atoms with Crippen LogP contribution in [0.25, 0.3) is 0 Å². The summed E-state index contributed by atoms with van der Waals surface area (Å²) in [5, 5.41) is 2.97. The van der Waals surface area contributed by atoms with Crippen molar-refractivity contribution in [2.24, 2.45) is 0 Å². The SMILES string of the molecule is CNc1cc(C)nc(CN2CC(=O)N3CCCC3C2=O)n1. The third-order valence-corrected chi connectivity index (χ3v) is 3.98. The van der Waals surface area contributed by atoms with Crippen LogP contribution in [0.2, 0.25) is 0 Å². The quantitative estimate of drug-likeness (QED) is 0.857. The summed E-state index contributed by atoms with van der Waals surface area (Å²) in [6.45, 7) is 2.99. The predicted octanol–water partition coefficient (Wildman–Crippen LogP) is 0.160. The fraction of sp³-hybridized carbons (Fsp3) is 0.571. The third kappa shape index (κ3) is 2.55. The number of carbonyl (C=O) groups is 2. The molecule has 0 aliphatic carbocycles. The van der Waals surface area contributed by atoms with Crippen LogP contribution in [0, 0.1) is 6.92 Å². The minimum Gasteiger partial charge on any atom is -0.373 e. The van der Waals surface area contributed by atoms with Crippen LogP contribution in [0.5, 0.6) is 0 Å². The van der Waals surface area contributed by atoms with E-state index in [1.54, 1.807) is 16.8 Å².